The van der Waals surface area contributed by atoms with Crippen LogP contribution in [0.3, 0.4) is 0 Å². The van der Waals surface area contributed by atoms with Gasteiger partial charge in [-0.1, -0.05) is 19.9 Å². The molecule has 1 N–H and O–H groups in total. The minimum Gasteiger partial charge on any atom is -0.486 e. The summed E-state index contributed by atoms with van der Waals surface area (Å²) in [6.45, 7) is 5.01. The van der Waals surface area contributed by atoms with Crippen LogP contribution in [-0.4, -0.2) is 25.2 Å². The van der Waals surface area contributed by atoms with Gasteiger partial charge in [-0.2, -0.15) is 0 Å². The van der Waals surface area contributed by atoms with Gasteiger partial charge in [0, 0.05) is 17.7 Å². The summed E-state index contributed by atoms with van der Waals surface area (Å²) in [7, 11) is 0. The molecule has 1 aromatic rings. The van der Waals surface area contributed by atoms with Crippen molar-refractivity contribution in [3.63, 3.8) is 0 Å². The lowest BCUT2D eigenvalue weighted by Crippen LogP contribution is -2.38. The first kappa shape index (κ1) is 11.9. The van der Waals surface area contributed by atoms with E-state index in [-0.39, 0.29) is 17.9 Å². The maximum atomic E-state index is 11.5. The van der Waals surface area contributed by atoms with Crippen LogP contribution in [0.1, 0.15) is 13.8 Å². The van der Waals surface area contributed by atoms with Crippen LogP contribution in [0.2, 0.25) is 0 Å². The van der Waals surface area contributed by atoms with Gasteiger partial charge in [0.2, 0.25) is 5.91 Å². The monoisotopic (exact) mass is 235 g/mol. The Bertz CT molecular complexity index is 399. The van der Waals surface area contributed by atoms with Crippen molar-refractivity contribution in [3.8, 4) is 5.75 Å². The van der Waals surface area contributed by atoms with Crippen LogP contribution in [-0.2, 0) is 9.53 Å². The molecule has 0 radical (unpaired) electrons. The minimum absolute atomic E-state index is 0.00845. The molecule has 4 heteroatoms. The predicted octanol–water partition coefficient (Wildman–Crippen LogP) is 2.06. The number of amides is 1. The van der Waals surface area contributed by atoms with E-state index < -0.39 is 0 Å². The highest BCUT2D eigenvalue weighted by Gasteiger charge is 2.20. The molecule has 1 aliphatic heterocycles. The molecule has 1 saturated heterocycles. The third-order valence-corrected chi connectivity index (χ3v) is 2.54. The smallest absolute Gasteiger partial charge is 0.226 e. The van der Waals surface area contributed by atoms with Crippen molar-refractivity contribution in [2.24, 2.45) is 5.92 Å². The number of hydrogen-bond donors (Lipinski definition) is 1. The molecule has 17 heavy (non-hydrogen) atoms. The molecule has 1 amide bonds. The third kappa shape index (κ3) is 3.20. The molecule has 0 saturated carbocycles. The summed E-state index contributed by atoms with van der Waals surface area (Å²) in [5.41, 5.74) is 0.765. The molecule has 0 aromatic heterocycles. The topological polar surface area (TPSA) is 47.6 Å². The fourth-order valence-electron chi connectivity index (χ4n) is 1.41. The molecule has 1 aliphatic rings. The molecular formula is C13H17NO3. The zero-order chi connectivity index (χ0) is 12.3. The minimum atomic E-state index is -0.0281. The van der Waals surface area contributed by atoms with Crippen LogP contribution in [0.4, 0.5) is 5.69 Å². The second-order valence-electron chi connectivity index (χ2n) is 4.45. The normalized spacial score (nSPS) is 15.5. The Morgan fingerprint density at radius 2 is 2.24 bits per heavy atom. The van der Waals surface area contributed by atoms with Gasteiger partial charge in [-0.25, -0.2) is 0 Å². The summed E-state index contributed by atoms with van der Waals surface area (Å²) >= 11 is 0. The number of carbonyl (C=O) groups is 1. The molecule has 0 spiro atoms. The Morgan fingerprint density at radius 1 is 1.47 bits per heavy atom. The second kappa shape index (κ2) is 5.19. The third-order valence-electron chi connectivity index (χ3n) is 2.54. The molecule has 0 aliphatic carbocycles. The van der Waals surface area contributed by atoms with Crippen LogP contribution in [0.5, 0.6) is 5.75 Å². The van der Waals surface area contributed by atoms with E-state index in [1.54, 1.807) is 0 Å². The number of hydrogen-bond acceptors (Lipinski definition) is 3. The van der Waals surface area contributed by atoms with Gasteiger partial charge < -0.3 is 14.8 Å². The Balaban J connectivity index is 1.97. The molecule has 1 heterocycles. The van der Waals surface area contributed by atoms with Crippen molar-refractivity contribution in [1.82, 2.24) is 0 Å². The van der Waals surface area contributed by atoms with Crippen LogP contribution in [0, 0.1) is 5.92 Å². The SMILES string of the molecule is CC(C)C(=O)Nc1cccc(OC2COC2)c1. The maximum Gasteiger partial charge on any atom is 0.226 e. The summed E-state index contributed by atoms with van der Waals surface area (Å²) < 4.78 is 10.7. The quantitative estimate of drug-likeness (QED) is 0.869. The van der Waals surface area contributed by atoms with E-state index in [0.717, 1.165) is 11.4 Å². The van der Waals surface area contributed by atoms with E-state index >= 15 is 0 Å². The molecule has 1 aromatic carbocycles. The van der Waals surface area contributed by atoms with Crippen LogP contribution in [0.25, 0.3) is 0 Å². The second-order valence-corrected chi connectivity index (χ2v) is 4.45. The van der Waals surface area contributed by atoms with E-state index in [1.807, 2.05) is 38.1 Å². The Kier molecular flexibility index (Phi) is 3.64. The maximum absolute atomic E-state index is 11.5. The average molecular weight is 235 g/mol. The number of ether oxygens (including phenoxy) is 2. The standard InChI is InChI=1S/C13H17NO3/c1-9(2)13(15)14-10-4-3-5-11(6-10)17-12-7-16-8-12/h3-6,9,12H,7-8H2,1-2H3,(H,14,15). The predicted molar refractivity (Wildman–Crippen MR) is 65.1 cm³/mol. The lowest BCUT2D eigenvalue weighted by molar-refractivity contribution is -0.118. The van der Waals surface area contributed by atoms with E-state index in [4.69, 9.17) is 9.47 Å². The highest BCUT2D eigenvalue weighted by molar-refractivity contribution is 5.92. The first-order valence-corrected chi connectivity index (χ1v) is 5.80. The van der Waals surface area contributed by atoms with E-state index in [2.05, 4.69) is 5.32 Å². The van der Waals surface area contributed by atoms with Crippen molar-refractivity contribution in [2.75, 3.05) is 18.5 Å². The summed E-state index contributed by atoms with van der Waals surface area (Å²) in [5, 5.41) is 2.84. The zero-order valence-corrected chi connectivity index (χ0v) is 10.1. The summed E-state index contributed by atoms with van der Waals surface area (Å²) in [4.78, 5) is 11.5. The highest BCUT2D eigenvalue weighted by atomic mass is 16.6. The fraction of sp³-hybridized carbons (Fsp3) is 0.462. The fourth-order valence-corrected chi connectivity index (χ4v) is 1.41. The van der Waals surface area contributed by atoms with E-state index in [0.29, 0.717) is 13.2 Å². The summed E-state index contributed by atoms with van der Waals surface area (Å²) in [6.07, 6.45) is 0.144. The van der Waals surface area contributed by atoms with Crippen molar-refractivity contribution in [1.29, 1.82) is 0 Å². The van der Waals surface area contributed by atoms with Crippen LogP contribution < -0.4 is 10.1 Å². The molecule has 0 bridgehead atoms. The Hall–Kier alpha value is -1.55. The van der Waals surface area contributed by atoms with Crippen molar-refractivity contribution in [2.45, 2.75) is 20.0 Å². The van der Waals surface area contributed by atoms with E-state index in [1.165, 1.54) is 0 Å². The zero-order valence-electron chi connectivity index (χ0n) is 10.1. The van der Waals surface area contributed by atoms with Gasteiger partial charge in [0.25, 0.3) is 0 Å². The molecule has 92 valence electrons. The lowest BCUT2D eigenvalue weighted by atomic mass is 10.2. The number of anilines is 1. The van der Waals surface area contributed by atoms with Crippen LogP contribution >= 0.6 is 0 Å². The van der Waals surface area contributed by atoms with Crippen molar-refractivity contribution in [3.05, 3.63) is 24.3 Å². The van der Waals surface area contributed by atoms with Crippen molar-refractivity contribution >= 4 is 11.6 Å². The van der Waals surface area contributed by atoms with Gasteiger partial charge >= 0.3 is 0 Å². The Morgan fingerprint density at radius 3 is 2.82 bits per heavy atom. The molecule has 2 rings (SSSR count). The number of nitrogens with one attached hydrogen (secondary N) is 1. The van der Waals surface area contributed by atoms with Gasteiger partial charge in [0.1, 0.15) is 11.9 Å². The van der Waals surface area contributed by atoms with Crippen LogP contribution in [0.15, 0.2) is 24.3 Å². The molecule has 0 atom stereocenters. The van der Waals surface area contributed by atoms with Gasteiger partial charge in [0.15, 0.2) is 0 Å². The lowest BCUT2D eigenvalue weighted by Gasteiger charge is -2.26. The molecule has 0 unspecified atom stereocenters. The summed E-state index contributed by atoms with van der Waals surface area (Å²) in [5.74, 6) is 0.744. The van der Waals surface area contributed by atoms with Crippen molar-refractivity contribution < 1.29 is 14.3 Å². The molecule has 4 nitrogen and oxygen atoms in total. The average Bonchev–Trinajstić information content (AvgIpc) is 2.24. The Labute approximate surface area is 101 Å². The first-order chi connectivity index (χ1) is 8.15. The number of carbonyl (C=O) groups excluding carboxylic acids is 1. The molecular weight excluding hydrogens is 218 g/mol. The van der Waals surface area contributed by atoms with Gasteiger partial charge in [-0.05, 0) is 12.1 Å². The largest absolute Gasteiger partial charge is 0.486 e. The number of benzene rings is 1. The highest BCUT2D eigenvalue weighted by Crippen LogP contribution is 2.20. The van der Waals surface area contributed by atoms with E-state index in [9.17, 15) is 4.79 Å². The molecule has 1 fully saturated rings. The first-order valence-electron chi connectivity index (χ1n) is 5.80. The van der Waals surface area contributed by atoms with Gasteiger partial charge in [0.05, 0.1) is 13.2 Å². The van der Waals surface area contributed by atoms with Gasteiger partial charge in [-0.15, -0.1) is 0 Å². The number of rotatable bonds is 4. The summed E-state index contributed by atoms with van der Waals surface area (Å²) in [6, 6.07) is 7.43. The van der Waals surface area contributed by atoms with Gasteiger partial charge in [-0.3, -0.25) is 4.79 Å².